The highest BCUT2D eigenvalue weighted by molar-refractivity contribution is 5.98. The fourth-order valence-corrected chi connectivity index (χ4v) is 3.39. The highest BCUT2D eigenvalue weighted by Crippen LogP contribution is 2.47. The molecule has 1 aliphatic carbocycles. The quantitative estimate of drug-likeness (QED) is 0.648. The number of hydrogen-bond acceptors (Lipinski definition) is 2. The summed E-state index contributed by atoms with van der Waals surface area (Å²) >= 11 is 0. The normalized spacial score (nSPS) is 15.4. The molecule has 3 aromatic rings. The van der Waals surface area contributed by atoms with Crippen LogP contribution in [0, 0.1) is 12.7 Å². The second-order valence-electron chi connectivity index (χ2n) is 7.42. The molecule has 1 aromatic heterocycles. The second-order valence-corrected chi connectivity index (χ2v) is 7.42. The zero-order chi connectivity index (χ0) is 21.0. The first-order chi connectivity index (χ1) is 13.6. The Labute approximate surface area is 163 Å². The standard InChI is InChI=1S/C21H17F4N3O/c1-11-6-15(16(22)9-17(11)26)20(4-5-20)28-19(29)13-7-12-2-3-14(21(23,24)25)8-18(12)27-10-13/h2-3,6-10H,4-5,26H2,1H3,(H,28,29)/p+1. The van der Waals surface area contributed by atoms with Gasteiger partial charge in [-0.1, -0.05) is 6.07 Å². The molecule has 8 heteroatoms. The van der Waals surface area contributed by atoms with Gasteiger partial charge in [0.25, 0.3) is 5.91 Å². The monoisotopic (exact) mass is 404 g/mol. The first-order valence-electron chi connectivity index (χ1n) is 9.01. The van der Waals surface area contributed by atoms with Gasteiger partial charge < -0.3 is 11.1 Å². The fourth-order valence-electron chi connectivity index (χ4n) is 3.39. The molecule has 2 aromatic carbocycles. The van der Waals surface area contributed by atoms with Crippen LogP contribution in [-0.4, -0.2) is 10.9 Å². The number of carbonyl (C=O) groups is 1. The maximum atomic E-state index is 14.5. The van der Waals surface area contributed by atoms with Crippen molar-refractivity contribution in [3.05, 3.63) is 70.7 Å². The summed E-state index contributed by atoms with van der Waals surface area (Å²) < 4.78 is 53.0. The maximum absolute atomic E-state index is 14.5. The van der Waals surface area contributed by atoms with Crippen molar-refractivity contribution < 1.29 is 28.1 Å². The van der Waals surface area contributed by atoms with Gasteiger partial charge in [-0.15, -0.1) is 0 Å². The number of amides is 1. The van der Waals surface area contributed by atoms with E-state index >= 15 is 0 Å². The average Bonchev–Trinajstić information content (AvgIpc) is 3.43. The molecule has 4 N–H and O–H groups in total. The third-order valence-corrected chi connectivity index (χ3v) is 5.32. The lowest BCUT2D eigenvalue weighted by molar-refractivity contribution is -0.255. The Morgan fingerprint density at radius 3 is 2.55 bits per heavy atom. The largest absolute Gasteiger partial charge is 0.416 e. The minimum absolute atomic E-state index is 0.144. The van der Waals surface area contributed by atoms with Crippen LogP contribution < -0.4 is 11.1 Å². The van der Waals surface area contributed by atoms with E-state index in [0.717, 1.165) is 17.7 Å². The van der Waals surface area contributed by atoms with Gasteiger partial charge in [-0.3, -0.25) is 9.78 Å². The van der Waals surface area contributed by atoms with Crippen LogP contribution in [0.3, 0.4) is 0 Å². The summed E-state index contributed by atoms with van der Waals surface area (Å²) in [6.07, 6.45) is -2.03. The van der Waals surface area contributed by atoms with Crippen molar-refractivity contribution in [3.63, 3.8) is 0 Å². The summed E-state index contributed by atoms with van der Waals surface area (Å²) in [5.74, 6) is -0.873. The van der Waals surface area contributed by atoms with Crippen molar-refractivity contribution >= 4 is 22.5 Å². The van der Waals surface area contributed by atoms with E-state index in [2.05, 4.69) is 16.0 Å². The third kappa shape index (κ3) is 3.55. The lowest BCUT2D eigenvalue weighted by Gasteiger charge is -2.19. The predicted molar refractivity (Wildman–Crippen MR) is 98.8 cm³/mol. The van der Waals surface area contributed by atoms with Gasteiger partial charge in [0.15, 0.2) is 0 Å². The van der Waals surface area contributed by atoms with Gasteiger partial charge in [-0.25, -0.2) is 4.39 Å². The Balaban J connectivity index is 1.62. The van der Waals surface area contributed by atoms with Crippen molar-refractivity contribution in [2.24, 2.45) is 0 Å². The van der Waals surface area contributed by atoms with E-state index in [1.165, 1.54) is 24.4 Å². The molecule has 0 atom stereocenters. The lowest BCUT2D eigenvalue weighted by Crippen LogP contribution is -2.42. The molecular formula is C21H18F4N3O+. The Morgan fingerprint density at radius 1 is 1.17 bits per heavy atom. The van der Waals surface area contributed by atoms with Crippen molar-refractivity contribution in [1.82, 2.24) is 10.3 Å². The molecule has 1 fully saturated rings. The van der Waals surface area contributed by atoms with Crippen LogP contribution in [0.1, 0.15) is 39.9 Å². The van der Waals surface area contributed by atoms with Crippen molar-refractivity contribution in [2.45, 2.75) is 31.5 Å². The average molecular weight is 404 g/mol. The first kappa shape index (κ1) is 19.3. The van der Waals surface area contributed by atoms with E-state index in [4.69, 9.17) is 0 Å². The van der Waals surface area contributed by atoms with E-state index in [1.54, 1.807) is 6.07 Å². The molecule has 4 nitrogen and oxygen atoms in total. The highest BCUT2D eigenvalue weighted by Gasteiger charge is 2.48. The molecule has 1 aliphatic rings. The molecule has 0 bridgehead atoms. The number of benzene rings is 2. The van der Waals surface area contributed by atoms with E-state index in [1.807, 2.05) is 6.92 Å². The van der Waals surface area contributed by atoms with Gasteiger partial charge in [0.1, 0.15) is 11.5 Å². The van der Waals surface area contributed by atoms with Crippen LogP contribution in [0.15, 0.2) is 42.6 Å². The minimum atomic E-state index is -4.46. The number of carbonyl (C=O) groups excluding carboxylic acids is 1. The fraction of sp³-hybridized carbons (Fsp3) is 0.238. The Morgan fingerprint density at radius 2 is 1.90 bits per heavy atom. The van der Waals surface area contributed by atoms with Crippen LogP contribution in [0.5, 0.6) is 0 Å². The number of aryl methyl sites for hydroxylation is 1. The first-order valence-corrected chi connectivity index (χ1v) is 9.01. The zero-order valence-corrected chi connectivity index (χ0v) is 15.5. The van der Waals surface area contributed by atoms with Gasteiger partial charge >= 0.3 is 6.18 Å². The number of halogens is 4. The topological polar surface area (TPSA) is 69.6 Å². The molecule has 0 spiro atoms. The van der Waals surface area contributed by atoms with Crippen LogP contribution >= 0.6 is 0 Å². The lowest BCUT2D eigenvalue weighted by atomic mass is 10.00. The summed E-state index contributed by atoms with van der Waals surface area (Å²) in [5.41, 5.74) is 4.37. The van der Waals surface area contributed by atoms with Crippen LogP contribution in [0.25, 0.3) is 10.9 Å². The summed E-state index contributed by atoms with van der Waals surface area (Å²) in [4.78, 5) is 16.7. The smallest absolute Gasteiger partial charge is 0.342 e. The predicted octanol–water partition coefficient (Wildman–Crippen LogP) is 3.99. The number of nitrogens with one attached hydrogen (secondary N) is 1. The summed E-state index contributed by atoms with van der Waals surface area (Å²) in [6.45, 7) is 1.83. The molecule has 29 heavy (non-hydrogen) atoms. The number of nitrogens with zero attached hydrogens (tertiary/aromatic N) is 1. The molecule has 1 amide bonds. The maximum Gasteiger partial charge on any atom is 0.416 e. The summed E-state index contributed by atoms with van der Waals surface area (Å²) in [6, 6.07) is 7.71. The molecular weight excluding hydrogens is 386 g/mol. The SMILES string of the molecule is Cc1cc(C2(NC(=O)c3cnc4cc(C(F)(F)F)ccc4c3)CC2)c(F)cc1[NH3+]. The molecule has 0 unspecified atom stereocenters. The zero-order valence-electron chi connectivity index (χ0n) is 15.5. The molecule has 0 saturated heterocycles. The highest BCUT2D eigenvalue weighted by atomic mass is 19.4. The minimum Gasteiger partial charge on any atom is -0.342 e. The number of hydrogen-bond donors (Lipinski definition) is 2. The number of quaternary nitrogens is 1. The van der Waals surface area contributed by atoms with E-state index in [9.17, 15) is 22.4 Å². The molecule has 1 heterocycles. The Bertz CT molecular complexity index is 1140. The van der Waals surface area contributed by atoms with Gasteiger partial charge in [-0.2, -0.15) is 13.2 Å². The Hall–Kier alpha value is -3.00. The molecule has 0 radical (unpaired) electrons. The number of aromatic nitrogens is 1. The molecule has 1 saturated carbocycles. The van der Waals surface area contributed by atoms with E-state index < -0.39 is 29.0 Å². The number of rotatable bonds is 3. The van der Waals surface area contributed by atoms with Gasteiger partial charge in [-0.05, 0) is 44.0 Å². The molecule has 4 rings (SSSR count). The molecule has 0 aliphatic heterocycles. The van der Waals surface area contributed by atoms with Gasteiger partial charge in [0, 0.05) is 28.8 Å². The third-order valence-electron chi connectivity index (χ3n) is 5.32. The second kappa shape index (κ2) is 6.52. The molecule has 150 valence electrons. The van der Waals surface area contributed by atoms with Crippen molar-refractivity contribution in [2.75, 3.05) is 0 Å². The number of pyridine rings is 1. The van der Waals surface area contributed by atoms with Crippen LogP contribution in [-0.2, 0) is 11.7 Å². The summed E-state index contributed by atoms with van der Waals surface area (Å²) in [5, 5.41) is 3.28. The Kier molecular flexibility index (Phi) is 4.34. The number of fused-ring (bicyclic) bond motifs is 1. The van der Waals surface area contributed by atoms with Gasteiger partial charge in [0.2, 0.25) is 0 Å². The van der Waals surface area contributed by atoms with Crippen molar-refractivity contribution in [1.29, 1.82) is 0 Å². The van der Waals surface area contributed by atoms with E-state index in [0.29, 0.717) is 29.5 Å². The number of alkyl halides is 3. The van der Waals surface area contributed by atoms with Crippen LogP contribution in [0.2, 0.25) is 0 Å². The summed E-state index contributed by atoms with van der Waals surface area (Å²) in [7, 11) is 0. The van der Waals surface area contributed by atoms with Crippen LogP contribution in [0.4, 0.5) is 23.2 Å². The van der Waals surface area contributed by atoms with E-state index in [-0.39, 0.29) is 11.1 Å². The van der Waals surface area contributed by atoms with Crippen molar-refractivity contribution in [3.8, 4) is 0 Å². The van der Waals surface area contributed by atoms with Gasteiger partial charge in [0.05, 0.1) is 22.2 Å².